The van der Waals surface area contributed by atoms with Crippen LogP contribution in [0.1, 0.15) is 39.5 Å². The molecule has 160 valence electrons. The number of rotatable bonds is 4. The first-order valence-electron chi connectivity index (χ1n) is 10.8. The number of nitrogens with one attached hydrogen (secondary N) is 3. The van der Waals surface area contributed by atoms with Crippen LogP contribution in [0.4, 0.5) is 0 Å². The van der Waals surface area contributed by atoms with Gasteiger partial charge < -0.3 is 22.0 Å². The molecule has 28 heavy (non-hydrogen) atoms. The minimum atomic E-state index is -0.00586. The van der Waals surface area contributed by atoms with E-state index in [-0.39, 0.29) is 32.0 Å². The molecule has 4 aliphatic rings. The minimum Gasteiger partial charge on any atom is -0.464 e. The Balaban J connectivity index is 0.00000225. The molecule has 7 nitrogen and oxygen atoms in total. The summed E-state index contributed by atoms with van der Waals surface area (Å²) in [7, 11) is 2.22. The molecule has 0 bridgehead atoms. The number of piperazine rings is 1. The van der Waals surface area contributed by atoms with Crippen molar-refractivity contribution in [1.29, 1.82) is 0 Å². The number of piperidine rings is 1. The summed E-state index contributed by atoms with van der Waals surface area (Å²) in [6.45, 7) is 10.7. The summed E-state index contributed by atoms with van der Waals surface area (Å²) < 4.78 is 1.28. The number of likely N-dealkylation sites (tertiary alicyclic amines) is 1. The Labute approximate surface area is 183 Å². The van der Waals surface area contributed by atoms with Crippen molar-refractivity contribution in [3.63, 3.8) is 0 Å². The summed E-state index contributed by atoms with van der Waals surface area (Å²) >= 11 is 0. The van der Waals surface area contributed by atoms with E-state index in [2.05, 4.69) is 52.9 Å². The first-order valence-corrected chi connectivity index (χ1v) is 10.8. The molecule has 6 atom stereocenters. The second-order valence-corrected chi connectivity index (χ2v) is 9.29. The average Bonchev–Trinajstić information content (AvgIpc) is 2.96. The maximum absolute atomic E-state index is 12.3. The van der Waals surface area contributed by atoms with Gasteiger partial charge in [0, 0.05) is 41.1 Å². The van der Waals surface area contributed by atoms with Crippen LogP contribution in [-0.2, 0) is 19.8 Å². The predicted octanol–water partition coefficient (Wildman–Crippen LogP) is 0.734. The fourth-order valence-electron chi connectivity index (χ4n) is 5.25. The molecule has 0 radical (unpaired) electrons. The third kappa shape index (κ3) is 5.02. The van der Waals surface area contributed by atoms with Crippen LogP contribution in [0.2, 0.25) is 0 Å². The van der Waals surface area contributed by atoms with Gasteiger partial charge in [-0.1, -0.05) is 19.8 Å². The monoisotopic (exact) mass is 569 g/mol. The van der Waals surface area contributed by atoms with E-state index in [0.29, 0.717) is 24.0 Å². The fraction of sp³-hybridized carbons (Fsp3) is 0.900. The molecule has 4 rings (SSSR count). The molecule has 0 aromatic rings. The van der Waals surface area contributed by atoms with Gasteiger partial charge in [0.2, 0.25) is 6.04 Å². The first-order chi connectivity index (χ1) is 13.0. The van der Waals surface area contributed by atoms with Crippen LogP contribution in [0.25, 0.3) is 0 Å². The zero-order valence-electron chi connectivity index (χ0n) is 17.5. The van der Waals surface area contributed by atoms with E-state index in [9.17, 15) is 4.91 Å². The number of hydrogen-bond donors (Lipinski definition) is 3. The summed E-state index contributed by atoms with van der Waals surface area (Å²) in [6.07, 6.45) is 7.27. The van der Waals surface area contributed by atoms with Gasteiger partial charge in [-0.3, -0.25) is 6.54 Å². The van der Waals surface area contributed by atoms with E-state index in [1.165, 1.54) is 30.7 Å². The van der Waals surface area contributed by atoms with Crippen LogP contribution in [0.15, 0.2) is 0 Å². The van der Waals surface area contributed by atoms with Crippen molar-refractivity contribution in [2.45, 2.75) is 69.9 Å². The van der Waals surface area contributed by atoms with Crippen molar-refractivity contribution in [2.75, 3.05) is 33.2 Å². The molecule has 0 aromatic carbocycles. The summed E-state index contributed by atoms with van der Waals surface area (Å²) in [6, 6.07) is 1.26. The first kappa shape index (κ1) is 22.7. The van der Waals surface area contributed by atoms with Gasteiger partial charge >= 0.3 is 19.8 Å². The van der Waals surface area contributed by atoms with E-state index in [1.54, 1.807) is 0 Å². The maximum Gasteiger partial charge on any atom is 2.00 e. The summed E-state index contributed by atoms with van der Waals surface area (Å²) in [4.78, 5) is 14.7. The predicted molar refractivity (Wildman–Crippen MR) is 106 cm³/mol. The number of hydrazine groups is 1. The molecule has 4 saturated heterocycles. The second kappa shape index (κ2) is 9.90. The topological polar surface area (TPSA) is 62.6 Å². The van der Waals surface area contributed by atoms with Crippen molar-refractivity contribution in [2.24, 2.45) is 11.8 Å². The molecule has 4 fully saturated rings. The maximum atomic E-state index is 12.3. The zero-order valence-corrected chi connectivity index (χ0v) is 20.0. The standard InChI is InChI=1S/C20H37N6O.Os/c1-14-10-18(23-25-13-15(2)26(27)20(14)25)19-12-21-17(11-22-19)5-4-16-6-8-24(3)9-7-16;/h4,11,14-23H,5-10,12-13H2,1-3H3;/q-1;+2. The van der Waals surface area contributed by atoms with Crippen molar-refractivity contribution in [3.05, 3.63) is 17.9 Å². The van der Waals surface area contributed by atoms with Crippen molar-refractivity contribution in [1.82, 2.24) is 26.0 Å². The quantitative estimate of drug-likeness (QED) is 0.344. The van der Waals surface area contributed by atoms with Gasteiger partial charge in [0.05, 0.1) is 6.54 Å². The average molecular weight is 568 g/mol. The molecule has 8 heteroatoms. The normalized spacial score (nSPS) is 40.9. The van der Waals surface area contributed by atoms with Crippen molar-refractivity contribution >= 4 is 0 Å². The Morgan fingerprint density at radius 1 is 1.21 bits per heavy atom. The van der Waals surface area contributed by atoms with E-state index >= 15 is 0 Å². The molecule has 0 spiro atoms. The number of hydrogen-bond acceptors (Lipinski definition) is 6. The molecule has 6 unspecified atom stereocenters. The molecule has 4 aliphatic heterocycles. The van der Waals surface area contributed by atoms with Gasteiger partial charge in [0.1, 0.15) is 0 Å². The number of nitrogens with zero attached hydrogens (tertiary/aromatic N) is 3. The van der Waals surface area contributed by atoms with E-state index < -0.39 is 0 Å². The largest absolute Gasteiger partial charge is 2.00 e. The molecular weight excluding hydrogens is 530 g/mol. The Kier molecular flexibility index (Phi) is 8.03. The van der Waals surface area contributed by atoms with Gasteiger partial charge in [0.15, 0.2) is 0 Å². The van der Waals surface area contributed by atoms with Gasteiger partial charge in [-0.05, 0) is 26.6 Å². The summed E-state index contributed by atoms with van der Waals surface area (Å²) in [5.41, 5.74) is 3.64. The van der Waals surface area contributed by atoms with Gasteiger partial charge in [-0.25, -0.2) is 5.43 Å². The van der Waals surface area contributed by atoms with E-state index in [4.69, 9.17) is 0 Å². The number of nitroso groups, excluding NO2 is 1. The van der Waals surface area contributed by atoms with Crippen molar-refractivity contribution < 1.29 is 24.6 Å². The third-order valence-electron chi connectivity index (χ3n) is 7.03. The van der Waals surface area contributed by atoms with Gasteiger partial charge in [0.25, 0.3) is 6.17 Å². The molecule has 0 aromatic heterocycles. The molecule has 3 N–H and O–H groups in total. The molecule has 0 aliphatic carbocycles. The van der Waals surface area contributed by atoms with Crippen LogP contribution in [0, 0.1) is 29.7 Å². The fourth-order valence-corrected chi connectivity index (χ4v) is 5.25. The molecule has 4 heterocycles. The van der Waals surface area contributed by atoms with E-state index in [1.807, 2.05) is 6.92 Å². The molecule has 0 saturated carbocycles. The third-order valence-corrected chi connectivity index (χ3v) is 7.03. The SMILES string of the molecule is CC1CC(C2CNC(C[CH-]C3CCN(C)CC3)[CH-]N2)NN2CC(C)[N+](=O)C12.[Os+2]. The Morgan fingerprint density at radius 3 is 2.64 bits per heavy atom. The van der Waals surface area contributed by atoms with Gasteiger partial charge in [-0.15, -0.1) is 6.04 Å². The van der Waals surface area contributed by atoms with Crippen LogP contribution < -0.4 is 16.1 Å². The van der Waals surface area contributed by atoms with Crippen LogP contribution in [0.5, 0.6) is 0 Å². The van der Waals surface area contributed by atoms with Crippen molar-refractivity contribution in [3.8, 4) is 0 Å². The summed E-state index contributed by atoms with van der Waals surface area (Å²) in [5.74, 6) is 1.16. The Hall–Kier alpha value is 0.0364. The van der Waals surface area contributed by atoms with E-state index in [0.717, 1.165) is 31.8 Å². The van der Waals surface area contributed by atoms with Gasteiger partial charge in [-0.2, -0.15) is 17.3 Å². The number of fused-ring (bicyclic) bond motifs is 1. The minimum absolute atomic E-state index is 0. The van der Waals surface area contributed by atoms with Crippen LogP contribution in [0.3, 0.4) is 0 Å². The summed E-state index contributed by atoms with van der Waals surface area (Å²) in [5, 5.41) is 9.56. The zero-order chi connectivity index (χ0) is 19.0. The van der Waals surface area contributed by atoms with Crippen LogP contribution in [-0.4, -0.2) is 78.2 Å². The molecule has 0 amide bonds. The molecular formula is C20H37N6OOs+. The Morgan fingerprint density at radius 2 is 1.96 bits per heavy atom. The van der Waals surface area contributed by atoms with Crippen LogP contribution >= 0.6 is 0 Å². The Bertz CT molecular complexity index is 521. The smallest absolute Gasteiger partial charge is 0.464 e. The second-order valence-electron chi connectivity index (χ2n) is 9.29.